The van der Waals surface area contributed by atoms with Crippen molar-refractivity contribution in [2.24, 2.45) is 0 Å². The fourth-order valence-electron chi connectivity index (χ4n) is 2.28. The lowest BCUT2D eigenvalue weighted by Crippen LogP contribution is -2.03. The molecule has 1 heterocycles. The van der Waals surface area contributed by atoms with Gasteiger partial charge in [-0.15, -0.1) is 11.6 Å². The van der Waals surface area contributed by atoms with Gasteiger partial charge in [-0.05, 0) is 36.4 Å². The first kappa shape index (κ1) is 15.0. The van der Waals surface area contributed by atoms with E-state index in [1.54, 1.807) is 12.1 Å². The van der Waals surface area contributed by atoms with E-state index in [1.807, 2.05) is 28.8 Å². The van der Waals surface area contributed by atoms with Crippen LogP contribution in [0.15, 0.2) is 36.4 Å². The summed E-state index contributed by atoms with van der Waals surface area (Å²) in [5, 5.41) is 1.84. The van der Waals surface area contributed by atoms with Crippen molar-refractivity contribution in [2.75, 3.05) is 5.88 Å². The van der Waals surface area contributed by atoms with Gasteiger partial charge >= 0.3 is 0 Å². The van der Waals surface area contributed by atoms with Crippen molar-refractivity contribution in [3.05, 3.63) is 57.3 Å². The average molecular weight is 360 g/mol. The first-order valence-corrected chi connectivity index (χ1v) is 7.95. The molecular weight excluding hydrogens is 350 g/mol. The van der Waals surface area contributed by atoms with Gasteiger partial charge in [-0.1, -0.05) is 34.8 Å². The van der Waals surface area contributed by atoms with Crippen molar-refractivity contribution < 1.29 is 0 Å². The summed E-state index contributed by atoms with van der Waals surface area (Å²) in [5.41, 5.74) is 2.50. The van der Waals surface area contributed by atoms with E-state index in [-0.39, 0.29) is 0 Å². The maximum absolute atomic E-state index is 6.33. The molecule has 3 rings (SSSR count). The van der Waals surface area contributed by atoms with E-state index in [0.29, 0.717) is 27.4 Å². The van der Waals surface area contributed by atoms with E-state index < -0.39 is 0 Å². The zero-order valence-electron chi connectivity index (χ0n) is 10.8. The Morgan fingerprint density at radius 1 is 0.952 bits per heavy atom. The standard InChI is InChI=1S/C15H10Cl4N2/c16-6-5-15-20-12-4-2-10(18)8-14(12)21(15)13-7-9(17)1-3-11(13)19/h1-4,7-8H,5-6H2. The summed E-state index contributed by atoms with van der Waals surface area (Å²) in [6.45, 7) is 0. The fourth-order valence-corrected chi connectivity index (χ4v) is 2.98. The van der Waals surface area contributed by atoms with Crippen molar-refractivity contribution >= 4 is 57.4 Å². The highest BCUT2D eigenvalue weighted by atomic mass is 35.5. The number of aromatic nitrogens is 2. The topological polar surface area (TPSA) is 17.8 Å². The molecule has 0 atom stereocenters. The number of aryl methyl sites for hydroxylation is 1. The molecule has 0 unspecified atom stereocenters. The van der Waals surface area contributed by atoms with Gasteiger partial charge in [-0.25, -0.2) is 4.98 Å². The van der Waals surface area contributed by atoms with E-state index in [4.69, 9.17) is 46.4 Å². The molecule has 0 saturated heterocycles. The van der Waals surface area contributed by atoms with Gasteiger partial charge in [0.05, 0.1) is 21.7 Å². The summed E-state index contributed by atoms with van der Waals surface area (Å²) >= 11 is 24.4. The molecule has 2 nitrogen and oxygen atoms in total. The Kier molecular flexibility index (Phi) is 4.32. The van der Waals surface area contributed by atoms with Crippen molar-refractivity contribution in [2.45, 2.75) is 6.42 Å². The van der Waals surface area contributed by atoms with Crippen LogP contribution in [-0.4, -0.2) is 15.4 Å². The van der Waals surface area contributed by atoms with Gasteiger partial charge in [0.2, 0.25) is 0 Å². The molecule has 21 heavy (non-hydrogen) atoms. The lowest BCUT2D eigenvalue weighted by atomic mass is 10.2. The van der Waals surface area contributed by atoms with Crippen LogP contribution in [0.4, 0.5) is 0 Å². The van der Waals surface area contributed by atoms with Gasteiger partial charge in [-0.2, -0.15) is 0 Å². The number of imidazole rings is 1. The summed E-state index contributed by atoms with van der Waals surface area (Å²) in [7, 11) is 0. The molecule has 6 heteroatoms. The second kappa shape index (κ2) is 6.05. The monoisotopic (exact) mass is 358 g/mol. The van der Waals surface area contributed by atoms with Crippen LogP contribution in [0.3, 0.4) is 0 Å². The van der Waals surface area contributed by atoms with Crippen LogP contribution in [0.1, 0.15) is 5.82 Å². The van der Waals surface area contributed by atoms with E-state index in [1.165, 1.54) is 0 Å². The largest absolute Gasteiger partial charge is 0.295 e. The van der Waals surface area contributed by atoms with Crippen LogP contribution in [-0.2, 0) is 6.42 Å². The van der Waals surface area contributed by atoms with Gasteiger partial charge in [0.25, 0.3) is 0 Å². The lowest BCUT2D eigenvalue weighted by Gasteiger charge is -2.11. The summed E-state index contributed by atoms with van der Waals surface area (Å²) in [4.78, 5) is 4.61. The number of halogens is 4. The number of rotatable bonds is 3. The third-order valence-electron chi connectivity index (χ3n) is 3.15. The number of hydrogen-bond donors (Lipinski definition) is 0. The van der Waals surface area contributed by atoms with Gasteiger partial charge < -0.3 is 0 Å². The SMILES string of the molecule is ClCCc1nc2ccc(Cl)cc2n1-c1cc(Cl)ccc1Cl. The molecular formula is C15H10Cl4N2. The van der Waals surface area contributed by atoms with Crippen LogP contribution >= 0.6 is 46.4 Å². The highest BCUT2D eigenvalue weighted by Gasteiger charge is 2.15. The van der Waals surface area contributed by atoms with Crippen molar-refractivity contribution in [3.63, 3.8) is 0 Å². The lowest BCUT2D eigenvalue weighted by molar-refractivity contribution is 0.912. The minimum atomic E-state index is 0.467. The summed E-state index contributed by atoms with van der Waals surface area (Å²) in [5.74, 6) is 1.29. The Bertz CT molecular complexity index is 811. The predicted molar refractivity (Wildman–Crippen MR) is 90.5 cm³/mol. The van der Waals surface area contributed by atoms with E-state index in [2.05, 4.69) is 4.98 Å². The third kappa shape index (κ3) is 2.86. The van der Waals surface area contributed by atoms with Gasteiger partial charge in [0.1, 0.15) is 5.82 Å². The zero-order chi connectivity index (χ0) is 15.0. The molecule has 3 aromatic rings. The molecule has 2 aromatic carbocycles. The molecule has 0 aliphatic heterocycles. The Labute approximate surface area is 142 Å². The Morgan fingerprint density at radius 2 is 1.67 bits per heavy atom. The molecule has 0 saturated carbocycles. The maximum atomic E-state index is 6.33. The highest BCUT2D eigenvalue weighted by Crippen LogP contribution is 2.30. The molecule has 0 bridgehead atoms. The Morgan fingerprint density at radius 3 is 2.43 bits per heavy atom. The molecule has 0 N–H and O–H groups in total. The summed E-state index contributed by atoms with van der Waals surface area (Å²) in [6, 6.07) is 10.9. The van der Waals surface area contributed by atoms with Crippen molar-refractivity contribution in [1.29, 1.82) is 0 Å². The van der Waals surface area contributed by atoms with E-state index in [9.17, 15) is 0 Å². The molecule has 1 aromatic heterocycles. The van der Waals surface area contributed by atoms with E-state index in [0.717, 1.165) is 22.5 Å². The second-order valence-corrected chi connectivity index (χ2v) is 6.19. The summed E-state index contributed by atoms with van der Waals surface area (Å²) < 4.78 is 1.96. The first-order valence-electron chi connectivity index (χ1n) is 6.28. The molecule has 0 radical (unpaired) electrons. The fraction of sp³-hybridized carbons (Fsp3) is 0.133. The quantitative estimate of drug-likeness (QED) is 0.543. The summed E-state index contributed by atoms with van der Waals surface area (Å²) in [6.07, 6.45) is 0.622. The molecule has 0 aliphatic carbocycles. The van der Waals surface area contributed by atoms with Crippen LogP contribution in [0.5, 0.6) is 0 Å². The van der Waals surface area contributed by atoms with Gasteiger partial charge in [-0.3, -0.25) is 4.57 Å². The molecule has 108 valence electrons. The zero-order valence-corrected chi connectivity index (χ0v) is 13.8. The highest BCUT2D eigenvalue weighted by molar-refractivity contribution is 6.34. The number of benzene rings is 2. The van der Waals surface area contributed by atoms with Crippen LogP contribution < -0.4 is 0 Å². The number of nitrogens with zero attached hydrogens (tertiary/aromatic N) is 2. The molecule has 0 amide bonds. The third-order valence-corrected chi connectivity index (χ3v) is 4.13. The first-order chi connectivity index (χ1) is 10.1. The average Bonchev–Trinajstić information content (AvgIpc) is 2.79. The van der Waals surface area contributed by atoms with Gasteiger partial charge in [0, 0.05) is 22.3 Å². The minimum absolute atomic E-state index is 0.467. The van der Waals surface area contributed by atoms with E-state index >= 15 is 0 Å². The molecule has 0 fully saturated rings. The van der Waals surface area contributed by atoms with Crippen molar-refractivity contribution in [1.82, 2.24) is 9.55 Å². The minimum Gasteiger partial charge on any atom is -0.295 e. The normalized spacial score (nSPS) is 11.2. The number of fused-ring (bicyclic) bond motifs is 1. The molecule has 0 spiro atoms. The molecule has 0 aliphatic rings. The van der Waals surface area contributed by atoms with Crippen LogP contribution in [0, 0.1) is 0 Å². The predicted octanol–water partition coefficient (Wildman–Crippen LogP) is 5.77. The van der Waals surface area contributed by atoms with Crippen LogP contribution in [0.2, 0.25) is 15.1 Å². The van der Waals surface area contributed by atoms with Crippen molar-refractivity contribution in [3.8, 4) is 5.69 Å². The van der Waals surface area contributed by atoms with Gasteiger partial charge in [0.15, 0.2) is 0 Å². The second-order valence-electron chi connectivity index (χ2n) is 4.53. The smallest absolute Gasteiger partial charge is 0.115 e. The maximum Gasteiger partial charge on any atom is 0.115 e. The number of hydrogen-bond acceptors (Lipinski definition) is 1. The number of alkyl halides is 1. The van der Waals surface area contributed by atoms with Crippen LogP contribution in [0.25, 0.3) is 16.7 Å². The Balaban J connectivity index is 2.35. The Hall–Kier alpha value is -0.930.